The van der Waals surface area contributed by atoms with Crippen molar-refractivity contribution >= 4 is 0 Å². The molecule has 2 atom stereocenters. The van der Waals surface area contributed by atoms with Crippen molar-refractivity contribution in [2.75, 3.05) is 6.54 Å². The first kappa shape index (κ1) is 14.3. The van der Waals surface area contributed by atoms with Crippen LogP contribution in [0.1, 0.15) is 29.7 Å². The summed E-state index contributed by atoms with van der Waals surface area (Å²) in [6, 6.07) is 10.8. The molecule has 3 rings (SSSR count). The number of piperidine rings is 1. The van der Waals surface area contributed by atoms with Crippen LogP contribution in [-0.2, 0) is 13.0 Å². The Bertz CT molecular complexity index is 550. The molecule has 0 unspecified atom stereocenters. The summed E-state index contributed by atoms with van der Waals surface area (Å²) < 4.78 is 0. The Balaban J connectivity index is 1.73. The van der Waals surface area contributed by atoms with Gasteiger partial charge >= 0.3 is 0 Å². The van der Waals surface area contributed by atoms with Crippen LogP contribution in [0.15, 0.2) is 36.5 Å². The van der Waals surface area contributed by atoms with Crippen LogP contribution >= 0.6 is 0 Å². The zero-order chi connectivity index (χ0) is 14.7. The van der Waals surface area contributed by atoms with Crippen molar-refractivity contribution in [1.82, 2.24) is 15.1 Å². The molecular weight excluding hydrogens is 262 g/mol. The van der Waals surface area contributed by atoms with E-state index in [1.165, 1.54) is 11.1 Å². The highest BCUT2D eigenvalue weighted by Gasteiger charge is 2.30. The standard InChI is InChI=1S/C17H23N3O/c1-13-4-6-14(7-5-13)11-16-17(21)3-2-10-20(16)12-15-8-9-18-19-15/h4-9,16-17,21H,2-3,10-12H2,1H3,(H,18,19)/t16-,17-/m0/s1. The number of hydrogen-bond donors (Lipinski definition) is 2. The fraction of sp³-hybridized carbons (Fsp3) is 0.471. The number of nitrogens with zero attached hydrogens (tertiary/aromatic N) is 2. The molecule has 0 aliphatic carbocycles. The van der Waals surface area contributed by atoms with Gasteiger partial charge in [-0.1, -0.05) is 29.8 Å². The van der Waals surface area contributed by atoms with Crippen LogP contribution in [0.4, 0.5) is 0 Å². The minimum atomic E-state index is -0.247. The zero-order valence-electron chi connectivity index (χ0n) is 12.5. The van der Waals surface area contributed by atoms with Gasteiger partial charge in [-0.2, -0.15) is 5.10 Å². The van der Waals surface area contributed by atoms with Crippen molar-refractivity contribution in [3.63, 3.8) is 0 Å². The minimum Gasteiger partial charge on any atom is -0.391 e. The molecule has 1 aromatic heterocycles. The van der Waals surface area contributed by atoms with Crippen molar-refractivity contribution in [2.45, 2.75) is 44.9 Å². The predicted molar refractivity (Wildman–Crippen MR) is 82.9 cm³/mol. The summed E-state index contributed by atoms with van der Waals surface area (Å²) >= 11 is 0. The van der Waals surface area contributed by atoms with Gasteiger partial charge in [0.2, 0.25) is 0 Å². The van der Waals surface area contributed by atoms with Gasteiger partial charge < -0.3 is 5.11 Å². The SMILES string of the molecule is Cc1ccc(C[C@H]2[C@@H](O)CCCN2Cc2ccn[nH]2)cc1. The maximum absolute atomic E-state index is 10.4. The molecular formula is C17H23N3O. The second-order valence-corrected chi connectivity index (χ2v) is 6.02. The van der Waals surface area contributed by atoms with E-state index in [0.717, 1.165) is 38.0 Å². The number of nitrogens with one attached hydrogen (secondary N) is 1. The lowest BCUT2D eigenvalue weighted by Gasteiger charge is -2.39. The quantitative estimate of drug-likeness (QED) is 0.906. The first-order chi connectivity index (χ1) is 10.2. The number of H-pyrrole nitrogens is 1. The van der Waals surface area contributed by atoms with Gasteiger partial charge in [0.25, 0.3) is 0 Å². The van der Waals surface area contributed by atoms with Crippen molar-refractivity contribution in [3.05, 3.63) is 53.3 Å². The number of aromatic amines is 1. The van der Waals surface area contributed by atoms with Gasteiger partial charge in [0.15, 0.2) is 0 Å². The third-order valence-corrected chi connectivity index (χ3v) is 4.36. The van der Waals surface area contributed by atoms with Gasteiger partial charge in [0.05, 0.1) is 6.10 Å². The van der Waals surface area contributed by atoms with Crippen LogP contribution in [0.5, 0.6) is 0 Å². The first-order valence-electron chi connectivity index (χ1n) is 7.68. The molecule has 0 bridgehead atoms. The Kier molecular flexibility index (Phi) is 4.36. The highest BCUT2D eigenvalue weighted by atomic mass is 16.3. The molecule has 2 aromatic rings. The second kappa shape index (κ2) is 6.41. The van der Waals surface area contributed by atoms with Crippen molar-refractivity contribution < 1.29 is 5.11 Å². The van der Waals surface area contributed by atoms with Gasteiger partial charge in [-0.15, -0.1) is 0 Å². The van der Waals surface area contributed by atoms with Gasteiger partial charge in [0.1, 0.15) is 0 Å². The first-order valence-corrected chi connectivity index (χ1v) is 7.68. The van der Waals surface area contributed by atoms with Crippen molar-refractivity contribution in [2.24, 2.45) is 0 Å². The molecule has 0 amide bonds. The summed E-state index contributed by atoms with van der Waals surface area (Å²) in [7, 11) is 0. The van der Waals surface area contributed by atoms with Crippen LogP contribution in [0.2, 0.25) is 0 Å². The normalized spacial score (nSPS) is 23.3. The lowest BCUT2D eigenvalue weighted by molar-refractivity contribution is 0.00614. The summed E-state index contributed by atoms with van der Waals surface area (Å²) in [6.45, 7) is 3.96. The molecule has 2 heterocycles. The molecule has 0 saturated carbocycles. The Morgan fingerprint density at radius 1 is 1.29 bits per heavy atom. The number of aliphatic hydroxyl groups excluding tert-OH is 1. The van der Waals surface area contributed by atoms with Gasteiger partial charge in [-0.25, -0.2) is 0 Å². The summed E-state index contributed by atoms with van der Waals surface area (Å²) in [5.74, 6) is 0. The molecule has 1 aliphatic heterocycles. The van der Waals surface area contributed by atoms with E-state index in [4.69, 9.17) is 0 Å². The third-order valence-electron chi connectivity index (χ3n) is 4.36. The summed E-state index contributed by atoms with van der Waals surface area (Å²) in [4.78, 5) is 2.38. The zero-order valence-corrected chi connectivity index (χ0v) is 12.5. The summed E-state index contributed by atoms with van der Waals surface area (Å²) in [6.07, 6.45) is 4.39. The molecule has 4 nitrogen and oxygen atoms in total. The number of aromatic nitrogens is 2. The summed E-state index contributed by atoms with van der Waals surface area (Å²) in [5, 5.41) is 17.4. The Hall–Kier alpha value is -1.65. The van der Waals surface area contributed by atoms with E-state index in [9.17, 15) is 5.11 Å². The summed E-state index contributed by atoms with van der Waals surface area (Å²) in [5.41, 5.74) is 3.68. The highest BCUT2D eigenvalue weighted by Crippen LogP contribution is 2.23. The lowest BCUT2D eigenvalue weighted by Crippen LogP contribution is -2.48. The van der Waals surface area contributed by atoms with Crippen LogP contribution in [-0.4, -0.2) is 38.9 Å². The highest BCUT2D eigenvalue weighted by molar-refractivity contribution is 5.22. The van der Waals surface area contributed by atoms with Crippen LogP contribution in [0.3, 0.4) is 0 Å². The van der Waals surface area contributed by atoms with E-state index in [-0.39, 0.29) is 12.1 Å². The average molecular weight is 285 g/mol. The van der Waals surface area contributed by atoms with Crippen LogP contribution in [0, 0.1) is 6.92 Å². The van der Waals surface area contributed by atoms with E-state index < -0.39 is 0 Å². The van der Waals surface area contributed by atoms with Gasteiger partial charge in [-0.05, 0) is 44.4 Å². The maximum Gasteiger partial charge on any atom is 0.0699 e. The molecule has 0 spiro atoms. The van der Waals surface area contributed by atoms with E-state index in [1.807, 2.05) is 6.07 Å². The lowest BCUT2D eigenvalue weighted by atomic mass is 9.92. The van der Waals surface area contributed by atoms with E-state index in [1.54, 1.807) is 6.20 Å². The molecule has 21 heavy (non-hydrogen) atoms. The molecule has 2 N–H and O–H groups in total. The molecule has 1 aromatic carbocycles. The molecule has 1 saturated heterocycles. The van der Waals surface area contributed by atoms with Gasteiger partial charge in [0, 0.05) is 24.5 Å². The van der Waals surface area contributed by atoms with E-state index in [0.29, 0.717) is 0 Å². The second-order valence-electron chi connectivity index (χ2n) is 6.02. The monoisotopic (exact) mass is 285 g/mol. The van der Waals surface area contributed by atoms with Crippen molar-refractivity contribution in [3.8, 4) is 0 Å². The third kappa shape index (κ3) is 3.52. The fourth-order valence-electron chi connectivity index (χ4n) is 3.12. The van der Waals surface area contributed by atoms with E-state index >= 15 is 0 Å². The molecule has 0 radical (unpaired) electrons. The Morgan fingerprint density at radius 3 is 2.81 bits per heavy atom. The Morgan fingerprint density at radius 2 is 2.10 bits per heavy atom. The van der Waals surface area contributed by atoms with E-state index in [2.05, 4.69) is 46.3 Å². The Labute approximate surface area is 125 Å². The van der Waals surface area contributed by atoms with Crippen molar-refractivity contribution in [1.29, 1.82) is 0 Å². The fourth-order valence-corrected chi connectivity index (χ4v) is 3.12. The molecule has 112 valence electrons. The maximum atomic E-state index is 10.4. The largest absolute Gasteiger partial charge is 0.391 e. The smallest absolute Gasteiger partial charge is 0.0699 e. The number of aliphatic hydroxyl groups is 1. The minimum absolute atomic E-state index is 0.185. The van der Waals surface area contributed by atoms with Gasteiger partial charge in [-0.3, -0.25) is 10.00 Å². The number of benzene rings is 1. The number of likely N-dealkylation sites (tertiary alicyclic amines) is 1. The average Bonchev–Trinajstić information content (AvgIpc) is 2.98. The molecule has 1 fully saturated rings. The predicted octanol–water partition coefficient (Wildman–Crippen LogP) is 2.29. The molecule has 1 aliphatic rings. The number of aryl methyl sites for hydroxylation is 1. The van der Waals surface area contributed by atoms with Crippen LogP contribution < -0.4 is 0 Å². The number of hydrogen-bond acceptors (Lipinski definition) is 3. The van der Waals surface area contributed by atoms with Crippen LogP contribution in [0.25, 0.3) is 0 Å². The topological polar surface area (TPSA) is 52.1 Å². The molecule has 4 heteroatoms. The number of rotatable bonds is 4.